The molecule has 132 valence electrons. The van der Waals surface area contributed by atoms with Crippen molar-refractivity contribution in [2.75, 3.05) is 5.32 Å². The molecule has 0 aliphatic heterocycles. The smallest absolute Gasteiger partial charge is 0.262 e. The van der Waals surface area contributed by atoms with Gasteiger partial charge in [0.1, 0.15) is 0 Å². The number of anilines is 1. The maximum atomic E-state index is 12.5. The summed E-state index contributed by atoms with van der Waals surface area (Å²) in [6, 6.07) is 12.6. The molecule has 0 atom stereocenters. The first-order valence-corrected chi connectivity index (χ1v) is 8.43. The van der Waals surface area contributed by atoms with Crippen LogP contribution in [0, 0.1) is 0 Å². The van der Waals surface area contributed by atoms with E-state index in [1.165, 1.54) is 4.57 Å². The van der Waals surface area contributed by atoms with Crippen LogP contribution in [0.1, 0.15) is 11.4 Å². The highest BCUT2D eigenvalue weighted by atomic mass is 35.5. The number of aliphatic hydroxyl groups excluding tert-OH is 1. The predicted molar refractivity (Wildman–Crippen MR) is 100 cm³/mol. The van der Waals surface area contributed by atoms with E-state index in [4.69, 9.17) is 11.6 Å². The van der Waals surface area contributed by atoms with Gasteiger partial charge in [-0.1, -0.05) is 29.8 Å². The fourth-order valence-electron chi connectivity index (χ4n) is 3.03. The molecule has 0 radical (unpaired) electrons. The van der Waals surface area contributed by atoms with E-state index in [1.54, 1.807) is 31.3 Å². The third kappa shape index (κ3) is 2.61. The van der Waals surface area contributed by atoms with Gasteiger partial charge in [0.15, 0.2) is 5.82 Å². The van der Waals surface area contributed by atoms with Crippen LogP contribution in [0.15, 0.2) is 47.3 Å². The molecule has 0 bridgehead atoms. The minimum absolute atomic E-state index is 0.0997. The van der Waals surface area contributed by atoms with E-state index in [-0.39, 0.29) is 12.2 Å². The number of benzene rings is 2. The van der Waals surface area contributed by atoms with E-state index in [0.717, 1.165) is 16.8 Å². The molecular weight excluding hydrogens is 354 g/mol. The number of aromatic nitrogens is 4. The van der Waals surface area contributed by atoms with Gasteiger partial charge in [-0.05, 0) is 24.3 Å². The Hall–Kier alpha value is -2.90. The van der Waals surface area contributed by atoms with Crippen molar-refractivity contribution in [2.24, 2.45) is 7.05 Å². The number of halogens is 1. The fourth-order valence-corrected chi connectivity index (χ4v) is 3.20. The van der Waals surface area contributed by atoms with Crippen molar-refractivity contribution in [1.29, 1.82) is 0 Å². The summed E-state index contributed by atoms with van der Waals surface area (Å²) >= 11 is 6.05. The molecule has 0 aliphatic rings. The number of nitrogens with zero attached hydrogens (tertiary/aromatic N) is 4. The highest BCUT2D eigenvalue weighted by Gasteiger charge is 2.14. The Labute approximate surface area is 153 Å². The maximum Gasteiger partial charge on any atom is 0.262 e. The standard InChI is InChI=1S/C18H16ClN5O2/c1-23-17(26)13-4-2-3-5-15(13)24-16(21-22-18(23)24)9-20-14-8-12(19)7-6-11(14)10-25/h2-8,20,25H,9-10H2,1H3. The van der Waals surface area contributed by atoms with Gasteiger partial charge in [0.05, 0.1) is 24.1 Å². The van der Waals surface area contributed by atoms with Crippen molar-refractivity contribution >= 4 is 34.0 Å². The zero-order chi connectivity index (χ0) is 18.3. The summed E-state index contributed by atoms with van der Waals surface area (Å²) in [6.45, 7) is 0.258. The third-order valence-corrected chi connectivity index (χ3v) is 4.61. The molecule has 2 aromatic carbocycles. The highest BCUT2D eigenvalue weighted by Crippen LogP contribution is 2.22. The van der Waals surface area contributed by atoms with E-state index in [0.29, 0.717) is 28.6 Å². The zero-order valence-corrected chi connectivity index (χ0v) is 14.7. The topological polar surface area (TPSA) is 84.5 Å². The molecule has 0 spiro atoms. The summed E-state index contributed by atoms with van der Waals surface area (Å²) in [5.74, 6) is 1.12. The Morgan fingerprint density at radius 3 is 2.81 bits per heavy atom. The van der Waals surface area contributed by atoms with Gasteiger partial charge in [0, 0.05) is 23.3 Å². The number of fused-ring (bicyclic) bond motifs is 3. The zero-order valence-electron chi connectivity index (χ0n) is 14.0. The minimum Gasteiger partial charge on any atom is -0.392 e. The lowest BCUT2D eigenvalue weighted by molar-refractivity contribution is 0.282. The van der Waals surface area contributed by atoms with Crippen molar-refractivity contribution in [3.63, 3.8) is 0 Å². The van der Waals surface area contributed by atoms with Crippen LogP contribution in [0.3, 0.4) is 0 Å². The summed E-state index contributed by atoms with van der Waals surface area (Å²) in [4.78, 5) is 12.5. The lowest BCUT2D eigenvalue weighted by Gasteiger charge is -2.11. The largest absolute Gasteiger partial charge is 0.392 e. The monoisotopic (exact) mass is 369 g/mol. The number of aliphatic hydroxyl groups is 1. The normalized spacial score (nSPS) is 11.3. The number of para-hydroxylation sites is 1. The molecule has 2 N–H and O–H groups in total. The quantitative estimate of drug-likeness (QED) is 0.576. The Bertz CT molecular complexity index is 1180. The summed E-state index contributed by atoms with van der Waals surface area (Å²) < 4.78 is 3.34. The predicted octanol–water partition coefficient (Wildman–Crippen LogP) is 2.34. The molecule has 0 aliphatic carbocycles. The third-order valence-electron chi connectivity index (χ3n) is 4.37. The first kappa shape index (κ1) is 16.6. The fraction of sp³-hybridized carbons (Fsp3) is 0.167. The number of rotatable bonds is 4. The first-order valence-electron chi connectivity index (χ1n) is 8.05. The lowest BCUT2D eigenvalue weighted by atomic mass is 10.2. The number of hydrogen-bond donors (Lipinski definition) is 2. The van der Waals surface area contributed by atoms with Gasteiger partial charge in [-0.25, -0.2) is 0 Å². The average molecular weight is 370 g/mol. The van der Waals surface area contributed by atoms with E-state index in [9.17, 15) is 9.90 Å². The van der Waals surface area contributed by atoms with Crippen molar-refractivity contribution in [1.82, 2.24) is 19.2 Å². The van der Waals surface area contributed by atoms with Gasteiger partial charge in [0.2, 0.25) is 5.78 Å². The Morgan fingerprint density at radius 1 is 1.19 bits per heavy atom. The first-order chi connectivity index (χ1) is 12.6. The minimum atomic E-state index is -0.114. The van der Waals surface area contributed by atoms with Crippen LogP contribution in [-0.2, 0) is 20.2 Å². The number of nitrogens with one attached hydrogen (secondary N) is 1. The van der Waals surface area contributed by atoms with Crippen LogP contribution in [0.5, 0.6) is 0 Å². The maximum absolute atomic E-state index is 12.5. The average Bonchev–Trinajstić information content (AvgIpc) is 3.09. The van der Waals surface area contributed by atoms with Gasteiger partial charge in [-0.15, -0.1) is 10.2 Å². The summed E-state index contributed by atoms with van der Waals surface area (Å²) in [6.07, 6.45) is 0. The van der Waals surface area contributed by atoms with Gasteiger partial charge in [-0.2, -0.15) is 0 Å². The molecule has 0 unspecified atom stereocenters. The SMILES string of the molecule is Cn1c(=O)c2ccccc2n2c(CNc3cc(Cl)ccc3CO)nnc12. The molecule has 26 heavy (non-hydrogen) atoms. The van der Waals surface area contributed by atoms with Crippen LogP contribution in [0.2, 0.25) is 5.02 Å². The number of aryl methyl sites for hydroxylation is 1. The molecule has 0 amide bonds. The molecule has 7 nitrogen and oxygen atoms in total. The van der Waals surface area contributed by atoms with Crippen molar-refractivity contribution in [3.8, 4) is 0 Å². The molecule has 0 saturated heterocycles. The molecular formula is C18H16ClN5O2. The molecule has 4 aromatic rings. The second-order valence-corrected chi connectivity index (χ2v) is 6.38. The second kappa shape index (κ2) is 6.44. The van der Waals surface area contributed by atoms with Crippen LogP contribution in [-0.4, -0.2) is 24.3 Å². The molecule has 2 aromatic heterocycles. The van der Waals surface area contributed by atoms with E-state index in [1.807, 2.05) is 22.6 Å². The van der Waals surface area contributed by atoms with Gasteiger partial charge in [0.25, 0.3) is 5.56 Å². The summed E-state index contributed by atoms with van der Waals surface area (Å²) in [5.41, 5.74) is 2.10. The molecule has 0 fully saturated rings. The summed E-state index contributed by atoms with van der Waals surface area (Å²) in [7, 11) is 1.68. The molecule has 2 heterocycles. The molecule has 0 saturated carbocycles. The Kier molecular flexibility index (Phi) is 4.10. The highest BCUT2D eigenvalue weighted by molar-refractivity contribution is 6.30. The van der Waals surface area contributed by atoms with E-state index < -0.39 is 0 Å². The summed E-state index contributed by atoms with van der Waals surface area (Å²) in [5, 5.41) is 22.3. The van der Waals surface area contributed by atoms with Crippen molar-refractivity contribution in [2.45, 2.75) is 13.2 Å². The number of hydrogen-bond acceptors (Lipinski definition) is 5. The lowest BCUT2D eigenvalue weighted by Crippen LogP contribution is -2.20. The van der Waals surface area contributed by atoms with Crippen molar-refractivity contribution < 1.29 is 5.11 Å². The van der Waals surface area contributed by atoms with Crippen molar-refractivity contribution in [3.05, 3.63) is 69.2 Å². The Morgan fingerprint density at radius 2 is 2.00 bits per heavy atom. The Balaban J connectivity index is 1.81. The van der Waals surface area contributed by atoms with Gasteiger partial charge in [-0.3, -0.25) is 13.8 Å². The van der Waals surface area contributed by atoms with Crippen LogP contribution in [0.4, 0.5) is 5.69 Å². The molecule has 4 rings (SSSR count). The van der Waals surface area contributed by atoms with Gasteiger partial charge < -0.3 is 10.4 Å². The van der Waals surface area contributed by atoms with E-state index in [2.05, 4.69) is 15.5 Å². The van der Waals surface area contributed by atoms with Gasteiger partial charge >= 0.3 is 0 Å². The van der Waals surface area contributed by atoms with Crippen LogP contribution < -0.4 is 10.9 Å². The van der Waals surface area contributed by atoms with Crippen LogP contribution in [0.25, 0.3) is 16.7 Å². The molecule has 8 heteroatoms. The van der Waals surface area contributed by atoms with E-state index >= 15 is 0 Å². The van der Waals surface area contributed by atoms with Crippen LogP contribution >= 0.6 is 11.6 Å². The second-order valence-electron chi connectivity index (χ2n) is 5.95.